The smallest absolute Gasteiger partial charge is 0.322 e. The van der Waals surface area contributed by atoms with E-state index in [-0.39, 0.29) is 6.03 Å². The average Bonchev–Trinajstić information content (AvgIpc) is 3.01. The first-order valence-electron chi connectivity index (χ1n) is 8.61. The second-order valence-electron chi connectivity index (χ2n) is 6.70. The highest BCUT2D eigenvalue weighted by atomic mass is 35.5. The molecule has 0 aliphatic carbocycles. The SMILES string of the molecule is CC(C)Cn1cc(NC(=O)N2CCN(c3ccccc3Cl)CC2)cn1. The van der Waals surface area contributed by atoms with Crippen molar-refractivity contribution >= 4 is 29.0 Å². The molecule has 1 N–H and O–H groups in total. The number of carbonyl (C=O) groups is 1. The van der Waals surface area contributed by atoms with E-state index < -0.39 is 0 Å². The molecule has 1 aromatic heterocycles. The van der Waals surface area contributed by atoms with Crippen molar-refractivity contribution in [3.63, 3.8) is 0 Å². The lowest BCUT2D eigenvalue weighted by Crippen LogP contribution is -2.50. The summed E-state index contributed by atoms with van der Waals surface area (Å²) in [6.45, 7) is 7.98. The second kappa shape index (κ2) is 7.78. The predicted molar refractivity (Wildman–Crippen MR) is 101 cm³/mol. The van der Waals surface area contributed by atoms with Gasteiger partial charge in [-0.25, -0.2) is 4.79 Å². The molecule has 3 rings (SSSR count). The maximum atomic E-state index is 12.4. The van der Waals surface area contributed by atoms with Crippen LogP contribution in [0.4, 0.5) is 16.2 Å². The zero-order chi connectivity index (χ0) is 17.8. The van der Waals surface area contributed by atoms with Crippen molar-refractivity contribution in [2.75, 3.05) is 36.4 Å². The largest absolute Gasteiger partial charge is 0.367 e. The third kappa shape index (κ3) is 4.45. The van der Waals surface area contributed by atoms with E-state index >= 15 is 0 Å². The van der Waals surface area contributed by atoms with Crippen LogP contribution >= 0.6 is 11.6 Å². The zero-order valence-corrected chi connectivity index (χ0v) is 15.4. The van der Waals surface area contributed by atoms with Gasteiger partial charge in [0.1, 0.15) is 0 Å². The summed E-state index contributed by atoms with van der Waals surface area (Å²) in [6, 6.07) is 7.73. The molecule has 0 unspecified atom stereocenters. The molecule has 0 radical (unpaired) electrons. The molecule has 1 aliphatic heterocycles. The highest BCUT2D eigenvalue weighted by Crippen LogP contribution is 2.26. The van der Waals surface area contributed by atoms with E-state index in [9.17, 15) is 4.79 Å². The van der Waals surface area contributed by atoms with E-state index in [0.29, 0.717) is 19.0 Å². The zero-order valence-electron chi connectivity index (χ0n) is 14.7. The second-order valence-corrected chi connectivity index (χ2v) is 7.11. The number of rotatable bonds is 4. The maximum Gasteiger partial charge on any atom is 0.322 e. The van der Waals surface area contributed by atoms with Crippen LogP contribution in [-0.4, -0.2) is 46.9 Å². The summed E-state index contributed by atoms with van der Waals surface area (Å²) in [5.41, 5.74) is 1.76. The van der Waals surface area contributed by atoms with Crippen molar-refractivity contribution in [1.82, 2.24) is 14.7 Å². The summed E-state index contributed by atoms with van der Waals surface area (Å²) >= 11 is 6.26. The standard InChI is InChI=1S/C18H24ClN5O/c1-14(2)12-24-13-15(11-20-24)21-18(25)23-9-7-22(8-10-23)17-6-4-3-5-16(17)19/h3-6,11,13-14H,7-10,12H2,1-2H3,(H,21,25). The molecule has 1 saturated heterocycles. The van der Waals surface area contributed by atoms with Gasteiger partial charge in [0.05, 0.1) is 22.6 Å². The van der Waals surface area contributed by atoms with Crippen LogP contribution < -0.4 is 10.2 Å². The number of piperazine rings is 1. The summed E-state index contributed by atoms with van der Waals surface area (Å²) < 4.78 is 1.86. The van der Waals surface area contributed by atoms with Crippen LogP contribution in [0.3, 0.4) is 0 Å². The quantitative estimate of drug-likeness (QED) is 0.906. The normalized spacial score (nSPS) is 14.9. The number of hydrogen-bond donors (Lipinski definition) is 1. The van der Waals surface area contributed by atoms with Crippen molar-refractivity contribution in [3.05, 3.63) is 41.7 Å². The molecule has 0 atom stereocenters. The average molecular weight is 362 g/mol. The summed E-state index contributed by atoms with van der Waals surface area (Å²) in [6.07, 6.45) is 3.57. The number of nitrogens with one attached hydrogen (secondary N) is 1. The number of nitrogens with zero attached hydrogens (tertiary/aromatic N) is 4. The van der Waals surface area contributed by atoms with E-state index in [1.165, 1.54) is 0 Å². The van der Waals surface area contributed by atoms with Gasteiger partial charge in [0.2, 0.25) is 0 Å². The molecule has 1 aliphatic rings. The number of halogens is 1. The molecule has 1 fully saturated rings. The van der Waals surface area contributed by atoms with Crippen LogP contribution in [0, 0.1) is 5.92 Å². The van der Waals surface area contributed by atoms with Gasteiger partial charge in [0.25, 0.3) is 0 Å². The van der Waals surface area contributed by atoms with Gasteiger partial charge >= 0.3 is 6.03 Å². The maximum absolute atomic E-state index is 12.4. The molecule has 7 heteroatoms. The number of anilines is 2. The Labute approximate surface area is 153 Å². The number of hydrogen-bond acceptors (Lipinski definition) is 3. The minimum atomic E-state index is -0.0806. The lowest BCUT2D eigenvalue weighted by molar-refractivity contribution is 0.208. The summed E-state index contributed by atoms with van der Waals surface area (Å²) in [5.74, 6) is 0.515. The van der Waals surface area contributed by atoms with Crippen LogP contribution in [0.5, 0.6) is 0 Å². The van der Waals surface area contributed by atoms with E-state index in [0.717, 1.165) is 36.0 Å². The number of benzene rings is 1. The molecule has 1 aromatic carbocycles. The Morgan fingerprint density at radius 3 is 2.64 bits per heavy atom. The predicted octanol–water partition coefficient (Wildman–Crippen LogP) is 3.55. The van der Waals surface area contributed by atoms with Crippen LogP contribution in [0.2, 0.25) is 5.02 Å². The molecular formula is C18H24ClN5O. The van der Waals surface area contributed by atoms with Crippen molar-refractivity contribution in [2.45, 2.75) is 20.4 Å². The van der Waals surface area contributed by atoms with Crippen LogP contribution in [0.15, 0.2) is 36.7 Å². The summed E-state index contributed by atoms with van der Waals surface area (Å²) in [5, 5.41) is 7.95. The fraction of sp³-hybridized carbons (Fsp3) is 0.444. The van der Waals surface area contributed by atoms with Crippen LogP contribution in [-0.2, 0) is 6.54 Å². The Morgan fingerprint density at radius 2 is 1.96 bits per heavy atom. The summed E-state index contributed by atoms with van der Waals surface area (Å²) in [4.78, 5) is 16.5. The van der Waals surface area contributed by atoms with E-state index in [4.69, 9.17) is 11.6 Å². The Morgan fingerprint density at radius 1 is 1.24 bits per heavy atom. The van der Waals surface area contributed by atoms with Gasteiger partial charge in [0.15, 0.2) is 0 Å². The van der Waals surface area contributed by atoms with Crippen molar-refractivity contribution in [2.24, 2.45) is 5.92 Å². The number of para-hydroxylation sites is 1. The van der Waals surface area contributed by atoms with Gasteiger partial charge in [-0.3, -0.25) is 4.68 Å². The van der Waals surface area contributed by atoms with Gasteiger partial charge in [-0.05, 0) is 18.1 Å². The van der Waals surface area contributed by atoms with Gasteiger partial charge in [-0.15, -0.1) is 0 Å². The van der Waals surface area contributed by atoms with E-state index in [1.807, 2.05) is 40.0 Å². The monoisotopic (exact) mass is 361 g/mol. The van der Waals surface area contributed by atoms with Gasteiger partial charge in [0, 0.05) is 38.9 Å². The molecule has 2 heterocycles. The molecule has 134 valence electrons. The Bertz CT molecular complexity index is 722. The van der Waals surface area contributed by atoms with Crippen LogP contribution in [0.25, 0.3) is 0 Å². The number of aromatic nitrogens is 2. The third-order valence-corrected chi connectivity index (χ3v) is 4.52. The highest BCUT2D eigenvalue weighted by molar-refractivity contribution is 6.33. The minimum absolute atomic E-state index is 0.0806. The molecule has 0 bridgehead atoms. The number of urea groups is 1. The molecule has 6 nitrogen and oxygen atoms in total. The molecule has 2 amide bonds. The van der Waals surface area contributed by atoms with Gasteiger partial charge in [-0.1, -0.05) is 37.6 Å². The van der Waals surface area contributed by atoms with Gasteiger partial charge in [-0.2, -0.15) is 5.10 Å². The topological polar surface area (TPSA) is 53.4 Å². The Kier molecular flexibility index (Phi) is 5.48. The number of amides is 2. The van der Waals surface area contributed by atoms with Crippen LogP contribution in [0.1, 0.15) is 13.8 Å². The van der Waals surface area contributed by atoms with Gasteiger partial charge < -0.3 is 15.1 Å². The summed E-state index contributed by atoms with van der Waals surface area (Å²) in [7, 11) is 0. The van der Waals surface area contributed by atoms with Crippen molar-refractivity contribution in [3.8, 4) is 0 Å². The molecule has 25 heavy (non-hydrogen) atoms. The Balaban J connectivity index is 1.53. The van der Waals surface area contributed by atoms with Crippen molar-refractivity contribution in [1.29, 1.82) is 0 Å². The third-order valence-electron chi connectivity index (χ3n) is 4.20. The fourth-order valence-electron chi connectivity index (χ4n) is 2.96. The first-order valence-corrected chi connectivity index (χ1v) is 8.98. The number of carbonyl (C=O) groups excluding carboxylic acids is 1. The van der Waals surface area contributed by atoms with Crippen molar-refractivity contribution < 1.29 is 4.79 Å². The molecule has 2 aromatic rings. The molecule has 0 saturated carbocycles. The lowest BCUT2D eigenvalue weighted by atomic mass is 10.2. The van der Waals surface area contributed by atoms with E-state index in [1.54, 1.807) is 6.20 Å². The molecular weight excluding hydrogens is 338 g/mol. The van der Waals surface area contributed by atoms with E-state index in [2.05, 4.69) is 29.2 Å². The lowest BCUT2D eigenvalue weighted by Gasteiger charge is -2.36. The first-order chi connectivity index (χ1) is 12.0. The Hall–Kier alpha value is -2.21. The fourth-order valence-corrected chi connectivity index (χ4v) is 3.22. The highest BCUT2D eigenvalue weighted by Gasteiger charge is 2.22. The first kappa shape index (κ1) is 17.6. The minimum Gasteiger partial charge on any atom is -0.367 e. The molecule has 0 spiro atoms.